The van der Waals surface area contributed by atoms with Gasteiger partial charge in [0.15, 0.2) is 17.3 Å². The Hall–Kier alpha value is -2.62. The maximum absolute atomic E-state index is 12.6. The molecular weight excluding hydrogens is 459 g/mol. The van der Waals surface area contributed by atoms with Gasteiger partial charge in [-0.15, -0.1) is 0 Å². The van der Waals surface area contributed by atoms with Crippen molar-refractivity contribution in [1.82, 2.24) is 14.8 Å². The van der Waals surface area contributed by atoms with Crippen LogP contribution in [-0.4, -0.2) is 34.9 Å². The number of amides is 1. The number of carbonyl (C=O) groups is 1. The fourth-order valence-electron chi connectivity index (χ4n) is 2.56. The highest BCUT2D eigenvalue weighted by atomic mass is 127. The predicted molar refractivity (Wildman–Crippen MR) is 110 cm³/mol. The Bertz CT molecular complexity index is 928. The highest BCUT2D eigenvalue weighted by molar-refractivity contribution is 14.1. The van der Waals surface area contributed by atoms with E-state index in [1.165, 1.54) is 12.7 Å². The van der Waals surface area contributed by atoms with Gasteiger partial charge < -0.3 is 14.8 Å². The van der Waals surface area contributed by atoms with Crippen LogP contribution in [0.5, 0.6) is 11.5 Å². The zero-order valence-corrected chi connectivity index (χ0v) is 17.1. The third-order valence-electron chi connectivity index (χ3n) is 3.98. The Morgan fingerprint density at radius 2 is 1.85 bits per heavy atom. The molecule has 0 unspecified atom stereocenters. The van der Waals surface area contributed by atoms with Crippen molar-refractivity contribution in [3.05, 3.63) is 63.6 Å². The summed E-state index contributed by atoms with van der Waals surface area (Å²) >= 11 is 2.10. The van der Waals surface area contributed by atoms with Crippen LogP contribution in [0.3, 0.4) is 0 Å². The summed E-state index contributed by atoms with van der Waals surface area (Å²) in [6.07, 6.45) is 6.23. The minimum atomic E-state index is -0.250. The first-order chi connectivity index (χ1) is 13.1. The first kappa shape index (κ1) is 19.2. The number of aromatic nitrogens is 3. The number of pyridine rings is 1. The van der Waals surface area contributed by atoms with E-state index >= 15 is 0 Å². The molecule has 140 valence electrons. The maximum atomic E-state index is 12.6. The quantitative estimate of drug-likeness (QED) is 0.527. The van der Waals surface area contributed by atoms with Gasteiger partial charge in [0.1, 0.15) is 0 Å². The topological polar surface area (TPSA) is 78.3 Å². The molecule has 27 heavy (non-hydrogen) atoms. The molecule has 0 saturated heterocycles. The molecule has 7 nitrogen and oxygen atoms in total. The fourth-order valence-corrected chi connectivity index (χ4v) is 3.24. The highest BCUT2D eigenvalue weighted by Crippen LogP contribution is 2.31. The molecule has 1 aromatic carbocycles. The first-order valence-corrected chi connectivity index (χ1v) is 9.34. The summed E-state index contributed by atoms with van der Waals surface area (Å²) < 4.78 is 13.1. The van der Waals surface area contributed by atoms with Gasteiger partial charge in [0.25, 0.3) is 5.91 Å². The number of carbonyl (C=O) groups excluding carboxylic acids is 1. The normalized spacial score (nSPS) is 10.5. The molecule has 3 rings (SSSR count). The molecule has 0 aliphatic heterocycles. The zero-order chi connectivity index (χ0) is 19.2. The summed E-state index contributed by atoms with van der Waals surface area (Å²) in [6.45, 7) is 0.716. The van der Waals surface area contributed by atoms with Crippen LogP contribution in [0.15, 0.2) is 48.9 Å². The number of aryl methyl sites for hydroxylation is 2. The van der Waals surface area contributed by atoms with Crippen LogP contribution >= 0.6 is 22.6 Å². The molecule has 0 aliphatic rings. The molecular formula is C19H19IN4O3. The van der Waals surface area contributed by atoms with E-state index in [2.05, 4.69) is 38.0 Å². The third kappa shape index (κ3) is 4.76. The second-order valence-electron chi connectivity index (χ2n) is 5.71. The van der Waals surface area contributed by atoms with Gasteiger partial charge in [-0.25, -0.2) is 0 Å². The van der Waals surface area contributed by atoms with E-state index in [4.69, 9.17) is 9.47 Å². The van der Waals surface area contributed by atoms with E-state index < -0.39 is 0 Å². The van der Waals surface area contributed by atoms with Crippen molar-refractivity contribution >= 4 is 34.3 Å². The Morgan fingerprint density at radius 3 is 2.56 bits per heavy atom. The predicted octanol–water partition coefficient (Wildman–Crippen LogP) is 3.39. The summed E-state index contributed by atoms with van der Waals surface area (Å²) in [5.41, 5.74) is 1.69. The number of halogens is 1. The molecule has 2 aromatic heterocycles. The highest BCUT2D eigenvalue weighted by Gasteiger charge is 2.16. The third-order valence-corrected chi connectivity index (χ3v) is 4.87. The number of benzene rings is 1. The fraction of sp³-hybridized carbons (Fsp3) is 0.211. The van der Waals surface area contributed by atoms with Gasteiger partial charge in [-0.2, -0.15) is 5.10 Å². The zero-order valence-electron chi connectivity index (χ0n) is 15.0. The maximum Gasteiger partial charge on any atom is 0.258 e. The second-order valence-corrected chi connectivity index (χ2v) is 6.87. The molecule has 1 amide bonds. The molecule has 2 heterocycles. The molecule has 0 aliphatic carbocycles. The van der Waals surface area contributed by atoms with Crippen molar-refractivity contribution < 1.29 is 14.3 Å². The monoisotopic (exact) mass is 478 g/mol. The number of hydrogen-bond donors (Lipinski definition) is 1. The van der Waals surface area contributed by atoms with E-state index in [-0.39, 0.29) is 5.91 Å². The van der Waals surface area contributed by atoms with Gasteiger partial charge >= 0.3 is 0 Å². The van der Waals surface area contributed by atoms with Crippen molar-refractivity contribution in [2.45, 2.75) is 13.0 Å². The number of methoxy groups -OCH3 is 2. The molecule has 0 saturated carbocycles. The number of anilines is 1. The Balaban J connectivity index is 1.67. The van der Waals surface area contributed by atoms with Crippen molar-refractivity contribution in [2.24, 2.45) is 0 Å². The van der Waals surface area contributed by atoms with Crippen molar-refractivity contribution in [3.63, 3.8) is 0 Å². The average Bonchev–Trinajstić information content (AvgIpc) is 3.14. The van der Waals surface area contributed by atoms with Gasteiger partial charge in [-0.1, -0.05) is 0 Å². The van der Waals surface area contributed by atoms with Crippen molar-refractivity contribution in [2.75, 3.05) is 19.5 Å². The van der Waals surface area contributed by atoms with Crippen LogP contribution in [0, 0.1) is 3.57 Å². The Labute approximate surface area is 170 Å². The van der Waals surface area contributed by atoms with Crippen LogP contribution in [0.2, 0.25) is 0 Å². The smallest absolute Gasteiger partial charge is 0.258 e. The second kappa shape index (κ2) is 8.85. The van der Waals surface area contributed by atoms with Gasteiger partial charge in [0.2, 0.25) is 0 Å². The molecule has 8 heteroatoms. The lowest BCUT2D eigenvalue weighted by Crippen LogP contribution is -2.15. The molecule has 0 fully saturated rings. The number of nitrogens with zero attached hydrogens (tertiary/aromatic N) is 3. The minimum absolute atomic E-state index is 0.250. The van der Waals surface area contributed by atoms with Crippen LogP contribution in [0.4, 0.5) is 5.82 Å². The summed E-state index contributed by atoms with van der Waals surface area (Å²) in [4.78, 5) is 16.6. The average molecular weight is 478 g/mol. The molecule has 0 radical (unpaired) electrons. The van der Waals surface area contributed by atoms with Crippen molar-refractivity contribution in [3.8, 4) is 11.5 Å². The van der Waals surface area contributed by atoms with Gasteiger partial charge in [-0.3, -0.25) is 14.5 Å². The summed E-state index contributed by atoms with van der Waals surface area (Å²) in [5.74, 6) is 1.34. The van der Waals surface area contributed by atoms with Gasteiger partial charge in [0, 0.05) is 34.8 Å². The lowest BCUT2D eigenvalue weighted by atomic mass is 10.2. The Kier molecular flexibility index (Phi) is 6.28. The van der Waals surface area contributed by atoms with Crippen LogP contribution < -0.4 is 14.8 Å². The lowest BCUT2D eigenvalue weighted by molar-refractivity contribution is 0.102. The largest absolute Gasteiger partial charge is 0.493 e. The Morgan fingerprint density at radius 1 is 1.15 bits per heavy atom. The van der Waals surface area contributed by atoms with E-state index in [9.17, 15) is 4.79 Å². The number of hydrogen-bond acceptors (Lipinski definition) is 5. The molecule has 1 N–H and O–H groups in total. The lowest BCUT2D eigenvalue weighted by Gasteiger charge is -2.11. The number of ether oxygens (including phenoxy) is 2. The van der Waals surface area contributed by atoms with E-state index in [1.54, 1.807) is 42.4 Å². The van der Waals surface area contributed by atoms with Crippen LogP contribution in [0.25, 0.3) is 0 Å². The van der Waals surface area contributed by atoms with E-state index in [1.807, 2.05) is 18.3 Å². The standard InChI is InChI=1S/C19H19IN4O3/c1-26-16-11-14(15(20)12-17(16)27-2)19(25)22-18-6-10-24(23-18)9-5-13-3-7-21-8-4-13/h3-4,6-8,10-12H,5,9H2,1-2H3,(H,22,23,25). The molecule has 0 spiro atoms. The van der Waals surface area contributed by atoms with E-state index in [0.717, 1.165) is 9.99 Å². The van der Waals surface area contributed by atoms with Gasteiger partial charge in [-0.05, 0) is 58.8 Å². The van der Waals surface area contributed by atoms with Crippen molar-refractivity contribution in [1.29, 1.82) is 0 Å². The molecule has 0 bridgehead atoms. The summed E-state index contributed by atoms with van der Waals surface area (Å²) in [6, 6.07) is 9.16. The molecule has 0 atom stereocenters. The van der Waals surface area contributed by atoms with Crippen LogP contribution in [0.1, 0.15) is 15.9 Å². The minimum Gasteiger partial charge on any atom is -0.493 e. The summed E-state index contributed by atoms with van der Waals surface area (Å²) in [5, 5.41) is 7.23. The SMILES string of the molecule is COc1cc(I)c(C(=O)Nc2ccn(CCc3ccncc3)n2)cc1OC. The number of nitrogens with one attached hydrogen (secondary N) is 1. The van der Waals surface area contributed by atoms with Gasteiger partial charge in [0.05, 0.1) is 19.8 Å². The number of rotatable bonds is 7. The first-order valence-electron chi connectivity index (χ1n) is 8.26. The molecule has 3 aromatic rings. The van der Waals surface area contributed by atoms with Crippen LogP contribution in [-0.2, 0) is 13.0 Å². The van der Waals surface area contributed by atoms with E-state index in [0.29, 0.717) is 29.4 Å². The summed E-state index contributed by atoms with van der Waals surface area (Å²) in [7, 11) is 3.10.